The lowest BCUT2D eigenvalue weighted by molar-refractivity contribution is 0.102. The molecule has 2 aromatic carbocycles. The van der Waals surface area contributed by atoms with Gasteiger partial charge in [-0.15, -0.1) is 0 Å². The van der Waals surface area contributed by atoms with E-state index in [1.54, 1.807) is 24.2 Å². The van der Waals surface area contributed by atoms with E-state index in [1.165, 1.54) is 6.33 Å². The van der Waals surface area contributed by atoms with Crippen molar-refractivity contribution >= 4 is 23.1 Å². The highest BCUT2D eigenvalue weighted by molar-refractivity contribution is 6.02. The molecular formula is C22H20N6O2. The Morgan fingerprint density at radius 3 is 2.50 bits per heavy atom. The minimum absolute atomic E-state index is 0.256. The van der Waals surface area contributed by atoms with Crippen LogP contribution in [0, 0.1) is 0 Å². The van der Waals surface area contributed by atoms with Gasteiger partial charge in [0.05, 0.1) is 19.1 Å². The number of aryl methyl sites for hydroxylation is 1. The summed E-state index contributed by atoms with van der Waals surface area (Å²) in [6.45, 7) is 0. The van der Waals surface area contributed by atoms with E-state index in [4.69, 9.17) is 4.74 Å². The molecule has 2 aromatic heterocycles. The van der Waals surface area contributed by atoms with E-state index in [1.807, 2.05) is 61.6 Å². The van der Waals surface area contributed by atoms with E-state index in [-0.39, 0.29) is 5.91 Å². The Bertz CT molecular complexity index is 1170. The molecule has 30 heavy (non-hydrogen) atoms. The van der Waals surface area contributed by atoms with Gasteiger partial charge >= 0.3 is 0 Å². The molecule has 4 rings (SSSR count). The molecule has 0 aliphatic carbocycles. The van der Waals surface area contributed by atoms with Gasteiger partial charge in [-0.05, 0) is 36.4 Å². The van der Waals surface area contributed by atoms with Crippen LogP contribution in [-0.4, -0.2) is 32.5 Å². The number of methoxy groups -OCH3 is 1. The first-order valence-corrected chi connectivity index (χ1v) is 9.24. The molecule has 0 bridgehead atoms. The number of amides is 1. The van der Waals surface area contributed by atoms with Crippen molar-refractivity contribution in [3.8, 4) is 17.0 Å². The third kappa shape index (κ3) is 4.27. The first-order valence-electron chi connectivity index (χ1n) is 9.24. The van der Waals surface area contributed by atoms with Gasteiger partial charge in [0.15, 0.2) is 0 Å². The maximum Gasteiger partial charge on any atom is 0.275 e. The van der Waals surface area contributed by atoms with Crippen LogP contribution in [0.3, 0.4) is 0 Å². The summed E-state index contributed by atoms with van der Waals surface area (Å²) in [5.74, 6) is 1.14. The molecule has 0 aliphatic heterocycles. The number of benzene rings is 2. The van der Waals surface area contributed by atoms with E-state index in [0.29, 0.717) is 17.2 Å². The summed E-state index contributed by atoms with van der Waals surface area (Å²) in [7, 11) is 3.45. The molecule has 2 N–H and O–H groups in total. The van der Waals surface area contributed by atoms with Crippen LogP contribution in [0.5, 0.6) is 5.75 Å². The number of carbonyl (C=O) groups excluding carboxylic acids is 1. The van der Waals surface area contributed by atoms with Crippen molar-refractivity contribution in [2.45, 2.75) is 0 Å². The van der Waals surface area contributed by atoms with Crippen molar-refractivity contribution < 1.29 is 9.53 Å². The van der Waals surface area contributed by atoms with Crippen LogP contribution in [0.4, 0.5) is 17.2 Å². The number of hydrogen-bond donors (Lipinski definition) is 2. The number of carbonyl (C=O) groups is 1. The van der Waals surface area contributed by atoms with Crippen LogP contribution in [0.25, 0.3) is 11.3 Å². The number of aromatic nitrogens is 4. The fourth-order valence-electron chi connectivity index (χ4n) is 2.94. The second-order valence-electron chi connectivity index (χ2n) is 6.57. The number of hydrogen-bond acceptors (Lipinski definition) is 6. The van der Waals surface area contributed by atoms with Crippen molar-refractivity contribution in [3.05, 3.63) is 79.1 Å². The maximum atomic E-state index is 12.2. The number of ether oxygens (including phenoxy) is 1. The summed E-state index contributed by atoms with van der Waals surface area (Å²) in [5, 5.41) is 6.07. The van der Waals surface area contributed by atoms with Crippen LogP contribution >= 0.6 is 0 Å². The zero-order valence-corrected chi connectivity index (χ0v) is 16.5. The molecule has 0 saturated carbocycles. The molecule has 0 spiro atoms. The summed E-state index contributed by atoms with van der Waals surface area (Å²) in [5.41, 5.74) is 3.51. The molecule has 8 heteroatoms. The lowest BCUT2D eigenvalue weighted by Gasteiger charge is -2.10. The highest BCUT2D eigenvalue weighted by Crippen LogP contribution is 2.29. The molecule has 0 saturated heterocycles. The fraction of sp³-hybridized carbons (Fsp3) is 0.0909. The van der Waals surface area contributed by atoms with Gasteiger partial charge in [0.2, 0.25) is 0 Å². The summed E-state index contributed by atoms with van der Waals surface area (Å²) in [6, 6.07) is 16.9. The standard InChI is InChI=1S/C22H20N6O2/c1-28-12-19(25-14-28)22(29)27-16-9-7-15(8-10-16)26-21-11-18(23-13-24-21)17-5-3-4-6-20(17)30-2/h3-14H,1-2H3,(H,27,29)(H,23,24,26). The number of imidazole rings is 1. The molecular weight excluding hydrogens is 380 g/mol. The Kier molecular flexibility index (Phi) is 5.38. The zero-order valence-electron chi connectivity index (χ0n) is 16.5. The Balaban J connectivity index is 1.46. The molecule has 1 amide bonds. The van der Waals surface area contributed by atoms with Crippen molar-refractivity contribution in [3.63, 3.8) is 0 Å². The summed E-state index contributed by atoms with van der Waals surface area (Å²) < 4.78 is 7.14. The van der Waals surface area contributed by atoms with Gasteiger partial charge in [-0.3, -0.25) is 4.79 Å². The number of para-hydroxylation sites is 1. The number of anilines is 3. The number of rotatable bonds is 6. The molecule has 8 nitrogen and oxygen atoms in total. The summed E-state index contributed by atoms with van der Waals surface area (Å²) in [4.78, 5) is 24.9. The van der Waals surface area contributed by atoms with Gasteiger partial charge in [0.25, 0.3) is 5.91 Å². The lowest BCUT2D eigenvalue weighted by atomic mass is 10.1. The average molecular weight is 400 g/mol. The van der Waals surface area contributed by atoms with Crippen molar-refractivity contribution in [2.24, 2.45) is 7.05 Å². The van der Waals surface area contributed by atoms with Crippen LogP contribution in [0.1, 0.15) is 10.5 Å². The first-order chi connectivity index (χ1) is 14.6. The second-order valence-corrected chi connectivity index (χ2v) is 6.57. The van der Waals surface area contributed by atoms with E-state index in [9.17, 15) is 4.79 Å². The van der Waals surface area contributed by atoms with E-state index in [0.717, 1.165) is 22.7 Å². The topological polar surface area (TPSA) is 94.0 Å². The predicted octanol–water partition coefficient (Wildman–Crippen LogP) is 3.88. The van der Waals surface area contributed by atoms with Crippen LogP contribution in [0.15, 0.2) is 73.4 Å². The molecule has 4 aromatic rings. The van der Waals surface area contributed by atoms with E-state index in [2.05, 4.69) is 25.6 Å². The largest absolute Gasteiger partial charge is 0.496 e. The van der Waals surface area contributed by atoms with Crippen LogP contribution in [0.2, 0.25) is 0 Å². The second kappa shape index (κ2) is 8.44. The van der Waals surface area contributed by atoms with Crippen LogP contribution < -0.4 is 15.4 Å². The summed E-state index contributed by atoms with van der Waals surface area (Å²) >= 11 is 0. The number of nitrogens with zero attached hydrogens (tertiary/aromatic N) is 4. The molecule has 0 unspecified atom stereocenters. The zero-order chi connectivity index (χ0) is 20.9. The Hall–Kier alpha value is -4.20. The Labute approximate surface area is 173 Å². The summed E-state index contributed by atoms with van der Waals surface area (Å²) in [6.07, 6.45) is 4.76. The third-order valence-corrected chi connectivity index (χ3v) is 4.40. The van der Waals surface area contributed by atoms with E-state index >= 15 is 0 Å². The van der Waals surface area contributed by atoms with Gasteiger partial charge in [-0.2, -0.15) is 0 Å². The van der Waals surface area contributed by atoms with Gasteiger partial charge in [-0.1, -0.05) is 12.1 Å². The fourth-order valence-corrected chi connectivity index (χ4v) is 2.94. The molecule has 2 heterocycles. The van der Waals surface area contributed by atoms with Gasteiger partial charge in [0, 0.05) is 36.2 Å². The SMILES string of the molecule is COc1ccccc1-c1cc(Nc2ccc(NC(=O)c3cn(C)cn3)cc2)ncn1. The first kappa shape index (κ1) is 19.1. The molecule has 0 atom stereocenters. The Morgan fingerprint density at radius 2 is 1.77 bits per heavy atom. The highest BCUT2D eigenvalue weighted by Gasteiger charge is 2.10. The van der Waals surface area contributed by atoms with Gasteiger partial charge < -0.3 is 19.9 Å². The molecule has 150 valence electrons. The third-order valence-electron chi connectivity index (χ3n) is 4.40. The molecule has 0 radical (unpaired) electrons. The van der Waals surface area contributed by atoms with Gasteiger partial charge in [-0.25, -0.2) is 15.0 Å². The quantitative estimate of drug-likeness (QED) is 0.510. The normalized spacial score (nSPS) is 10.5. The smallest absolute Gasteiger partial charge is 0.275 e. The van der Waals surface area contributed by atoms with Crippen molar-refractivity contribution in [1.82, 2.24) is 19.5 Å². The molecule has 0 aliphatic rings. The average Bonchev–Trinajstić information content (AvgIpc) is 3.22. The van der Waals surface area contributed by atoms with E-state index < -0.39 is 0 Å². The van der Waals surface area contributed by atoms with Gasteiger partial charge in [0.1, 0.15) is 23.6 Å². The van der Waals surface area contributed by atoms with Crippen LogP contribution in [-0.2, 0) is 7.05 Å². The predicted molar refractivity (Wildman–Crippen MR) is 115 cm³/mol. The Morgan fingerprint density at radius 1 is 1.00 bits per heavy atom. The molecule has 0 fully saturated rings. The van der Waals surface area contributed by atoms with Crippen molar-refractivity contribution in [1.29, 1.82) is 0 Å². The minimum Gasteiger partial charge on any atom is -0.496 e. The monoisotopic (exact) mass is 400 g/mol. The van der Waals surface area contributed by atoms with Crippen molar-refractivity contribution in [2.75, 3.05) is 17.7 Å². The number of nitrogens with one attached hydrogen (secondary N) is 2. The highest BCUT2D eigenvalue weighted by atomic mass is 16.5. The minimum atomic E-state index is -0.256. The lowest BCUT2D eigenvalue weighted by Crippen LogP contribution is -2.12. The maximum absolute atomic E-state index is 12.2.